The van der Waals surface area contributed by atoms with E-state index < -0.39 is 25.8 Å². The van der Waals surface area contributed by atoms with Crippen molar-refractivity contribution in [3.63, 3.8) is 0 Å². The van der Waals surface area contributed by atoms with Gasteiger partial charge in [-0.2, -0.15) is 8.42 Å². The summed E-state index contributed by atoms with van der Waals surface area (Å²) in [7, 11) is -7.02. The fourth-order valence-corrected chi connectivity index (χ4v) is 15.8. The Labute approximate surface area is 318 Å². The second kappa shape index (κ2) is 18.3. The van der Waals surface area contributed by atoms with Gasteiger partial charge in [0.05, 0.1) is 11.2 Å². The normalized spacial score (nSPS) is 20.1. The van der Waals surface area contributed by atoms with E-state index in [-0.39, 0.29) is 22.9 Å². The summed E-state index contributed by atoms with van der Waals surface area (Å²) in [4.78, 5) is 16.6. The van der Waals surface area contributed by atoms with E-state index in [1.807, 2.05) is 36.4 Å². The number of hydrogen-bond acceptors (Lipinski definition) is 4. The van der Waals surface area contributed by atoms with Crippen LogP contribution >= 0.6 is 10.3 Å². The Morgan fingerprint density at radius 3 is 1.58 bits per heavy atom. The summed E-state index contributed by atoms with van der Waals surface area (Å²) in [5.74, 6) is 0.0654. The average Bonchev–Trinajstić information content (AvgIpc) is 3.48. The summed E-state index contributed by atoms with van der Waals surface area (Å²) in [6.07, 6.45) is 18.7. The molecule has 2 fully saturated rings. The molecule has 2 bridgehead atoms. The third-order valence-corrected chi connectivity index (χ3v) is 17.9. The predicted octanol–water partition coefficient (Wildman–Crippen LogP) is 13.0. The fraction of sp³-hybridized carbons (Fsp3) is 0.587. The van der Waals surface area contributed by atoms with Crippen LogP contribution in [0.15, 0.2) is 87.5 Å². The SMILES string of the molecule is CCCCCCc1cc(CCCCCC)c(S(OS(=O)(=O)CC23CCC(CC2=O)C3(C)C)(c2ccccc2)c2ccccc2)c(CCCCCC)c1. The maximum Gasteiger partial charge on any atom is 0.278 e. The van der Waals surface area contributed by atoms with Crippen molar-refractivity contribution in [2.45, 2.75) is 165 Å². The Morgan fingerprint density at radius 1 is 0.673 bits per heavy atom. The highest BCUT2D eigenvalue weighted by molar-refractivity contribution is 8.33. The van der Waals surface area contributed by atoms with E-state index in [0.717, 1.165) is 85.3 Å². The molecule has 4 nitrogen and oxygen atoms in total. The van der Waals surface area contributed by atoms with Crippen LogP contribution in [-0.4, -0.2) is 20.0 Å². The van der Waals surface area contributed by atoms with E-state index in [9.17, 15) is 4.79 Å². The fourth-order valence-electron chi connectivity index (χ4n) is 9.25. The minimum absolute atomic E-state index is 0.0987. The Morgan fingerprint density at radius 2 is 1.15 bits per heavy atom. The highest BCUT2D eigenvalue weighted by atomic mass is 32.3. The van der Waals surface area contributed by atoms with Gasteiger partial charge in [0.25, 0.3) is 10.1 Å². The highest BCUT2D eigenvalue weighted by Crippen LogP contribution is 2.73. The molecule has 0 spiro atoms. The summed E-state index contributed by atoms with van der Waals surface area (Å²) in [6, 6.07) is 25.2. The third kappa shape index (κ3) is 8.76. The lowest BCUT2D eigenvalue weighted by Gasteiger charge is -2.43. The summed E-state index contributed by atoms with van der Waals surface area (Å²) in [5, 5.41) is 0. The van der Waals surface area contributed by atoms with E-state index >= 15 is 8.42 Å². The van der Waals surface area contributed by atoms with Crippen molar-refractivity contribution in [1.29, 1.82) is 0 Å². The van der Waals surface area contributed by atoms with Gasteiger partial charge in [-0.25, -0.2) is 3.63 Å². The molecule has 286 valence electrons. The lowest BCUT2D eigenvalue weighted by molar-refractivity contribution is -0.128. The number of fused-ring (bicyclic) bond motifs is 2. The number of carbonyl (C=O) groups is 1. The standard InChI is InChI=1S/C46H66O4S2/c1-6-9-12-17-24-37-33-38(25-18-13-10-7-2)44(39(34-37)26-19-14-11-8-3)52(41-27-20-15-21-28-41,42-29-22-16-23-30-42)50-51(48,49)36-46-32-31-40(35-43(46)47)45(46,4)5/h15-16,20-23,27-30,33-34,40H,6-14,17-19,24-26,31-32,35-36H2,1-5H3. The van der Waals surface area contributed by atoms with E-state index in [1.54, 1.807) is 0 Å². The molecule has 5 rings (SSSR count). The van der Waals surface area contributed by atoms with Crippen molar-refractivity contribution < 1.29 is 16.8 Å². The summed E-state index contributed by atoms with van der Waals surface area (Å²) >= 11 is 0. The number of aryl methyl sites for hydroxylation is 3. The number of ketones is 1. The first kappa shape index (κ1) is 40.8. The molecule has 0 radical (unpaired) electrons. The van der Waals surface area contributed by atoms with E-state index in [4.69, 9.17) is 3.63 Å². The van der Waals surface area contributed by atoms with Crippen molar-refractivity contribution in [3.05, 3.63) is 89.5 Å². The van der Waals surface area contributed by atoms with Crippen LogP contribution in [0.2, 0.25) is 0 Å². The lowest BCUT2D eigenvalue weighted by Crippen LogP contribution is -2.42. The largest absolute Gasteiger partial charge is 0.299 e. The molecule has 3 aromatic rings. The molecule has 6 heteroatoms. The Bertz CT molecular complexity index is 1630. The first-order chi connectivity index (χ1) is 25.0. The molecule has 0 aromatic heterocycles. The molecule has 0 N–H and O–H groups in total. The van der Waals surface area contributed by atoms with Gasteiger partial charge in [0.15, 0.2) is 0 Å². The summed E-state index contributed by atoms with van der Waals surface area (Å²) < 4.78 is 37.3. The van der Waals surface area contributed by atoms with Gasteiger partial charge < -0.3 is 0 Å². The van der Waals surface area contributed by atoms with E-state index in [2.05, 4.69) is 71.0 Å². The van der Waals surface area contributed by atoms with Crippen LogP contribution in [0.25, 0.3) is 0 Å². The minimum atomic E-state index is -4.22. The van der Waals surface area contributed by atoms with Crippen molar-refractivity contribution in [3.8, 4) is 0 Å². The molecular formula is C46H66O4S2. The number of rotatable bonds is 22. The van der Waals surface area contributed by atoms with Crippen LogP contribution in [0.4, 0.5) is 0 Å². The van der Waals surface area contributed by atoms with Gasteiger partial charge in [0.2, 0.25) is 0 Å². The van der Waals surface area contributed by atoms with Crippen LogP contribution in [0.3, 0.4) is 0 Å². The Kier molecular flexibility index (Phi) is 14.3. The molecule has 52 heavy (non-hydrogen) atoms. The molecular weight excluding hydrogens is 681 g/mol. The highest BCUT2D eigenvalue weighted by Gasteiger charge is 2.66. The maximum absolute atomic E-state index is 15.1. The van der Waals surface area contributed by atoms with Gasteiger partial charge in [-0.15, -0.1) is 0 Å². The molecule has 2 aliphatic carbocycles. The number of Topliss-reactive ketones (excluding diaryl/α,β-unsaturated/α-hetero) is 1. The number of benzene rings is 3. The number of hydrogen-bond donors (Lipinski definition) is 0. The Balaban J connectivity index is 1.75. The zero-order valence-electron chi connectivity index (χ0n) is 32.9. The predicted molar refractivity (Wildman–Crippen MR) is 219 cm³/mol. The van der Waals surface area contributed by atoms with Gasteiger partial charge >= 0.3 is 0 Å². The molecule has 0 amide bonds. The van der Waals surface area contributed by atoms with Crippen molar-refractivity contribution in [2.24, 2.45) is 16.7 Å². The van der Waals surface area contributed by atoms with Gasteiger partial charge in [-0.1, -0.05) is 141 Å². The Hall–Kier alpha value is -2.41. The van der Waals surface area contributed by atoms with Gasteiger partial charge in [0.1, 0.15) is 5.78 Å². The topological polar surface area (TPSA) is 60.4 Å². The van der Waals surface area contributed by atoms with Gasteiger partial charge in [-0.05, 0) is 114 Å². The van der Waals surface area contributed by atoms with Crippen LogP contribution in [-0.2, 0) is 37.8 Å². The second-order valence-electron chi connectivity index (χ2n) is 16.3. The van der Waals surface area contributed by atoms with Gasteiger partial charge in [-0.3, -0.25) is 4.79 Å². The first-order valence-electron chi connectivity index (χ1n) is 20.6. The molecule has 3 aromatic carbocycles. The number of unbranched alkanes of at least 4 members (excludes halogenated alkanes) is 9. The van der Waals surface area contributed by atoms with E-state index in [0.29, 0.717) is 12.8 Å². The number of carbonyl (C=O) groups excluding carboxylic acids is 1. The van der Waals surface area contributed by atoms with Crippen molar-refractivity contribution in [2.75, 3.05) is 5.75 Å². The summed E-state index contributed by atoms with van der Waals surface area (Å²) in [6.45, 7) is 11.0. The summed E-state index contributed by atoms with van der Waals surface area (Å²) in [5.41, 5.74) is 2.55. The monoisotopic (exact) mass is 746 g/mol. The zero-order valence-corrected chi connectivity index (χ0v) is 34.5. The maximum atomic E-state index is 15.1. The molecule has 2 aliphatic rings. The van der Waals surface area contributed by atoms with Crippen LogP contribution < -0.4 is 0 Å². The quantitative estimate of drug-likeness (QED) is 0.0961. The molecule has 0 heterocycles. The van der Waals surface area contributed by atoms with Crippen molar-refractivity contribution >= 4 is 26.2 Å². The average molecular weight is 747 g/mol. The molecule has 0 saturated heterocycles. The lowest BCUT2D eigenvalue weighted by atomic mass is 9.70. The van der Waals surface area contributed by atoms with E-state index in [1.165, 1.54) is 48.8 Å². The third-order valence-electron chi connectivity index (χ3n) is 12.4. The smallest absolute Gasteiger partial charge is 0.278 e. The molecule has 2 saturated carbocycles. The first-order valence-corrected chi connectivity index (χ1v) is 23.7. The zero-order chi connectivity index (χ0) is 37.2. The molecule has 0 aliphatic heterocycles. The van der Waals surface area contributed by atoms with Crippen LogP contribution in [0.5, 0.6) is 0 Å². The van der Waals surface area contributed by atoms with Crippen molar-refractivity contribution in [1.82, 2.24) is 0 Å². The molecule has 2 unspecified atom stereocenters. The van der Waals surface area contributed by atoms with Crippen LogP contribution in [0.1, 0.15) is 148 Å². The molecule has 2 atom stereocenters. The second-order valence-corrected chi connectivity index (χ2v) is 20.7. The van der Waals surface area contributed by atoms with Gasteiger partial charge in [0, 0.05) is 21.1 Å². The van der Waals surface area contributed by atoms with Crippen LogP contribution in [0, 0.1) is 16.7 Å². The minimum Gasteiger partial charge on any atom is -0.299 e.